The molecule has 0 saturated carbocycles. The van der Waals surface area contributed by atoms with Crippen molar-refractivity contribution in [3.05, 3.63) is 53.7 Å². The van der Waals surface area contributed by atoms with Gasteiger partial charge in [0.05, 0.1) is 21.3 Å². The Morgan fingerprint density at radius 2 is 1.72 bits per heavy atom. The topological polar surface area (TPSA) is 79.9 Å². The van der Waals surface area contributed by atoms with Crippen LogP contribution in [0.3, 0.4) is 0 Å². The number of H-pyrrole nitrogens is 1. The smallest absolute Gasteiger partial charge is 0.203 e. The van der Waals surface area contributed by atoms with Crippen molar-refractivity contribution < 1.29 is 14.2 Å². The van der Waals surface area contributed by atoms with Crippen LogP contribution >= 0.6 is 0 Å². The van der Waals surface area contributed by atoms with Crippen molar-refractivity contribution in [3.63, 3.8) is 0 Å². The van der Waals surface area contributed by atoms with E-state index in [9.17, 15) is 0 Å². The molecule has 29 heavy (non-hydrogen) atoms. The van der Waals surface area contributed by atoms with Gasteiger partial charge in [-0.25, -0.2) is 0 Å². The number of aliphatic imine (C=N–C) groups is 1. The number of methoxy groups -OCH3 is 3. The van der Waals surface area contributed by atoms with Crippen molar-refractivity contribution in [1.82, 2.24) is 15.6 Å². The highest BCUT2D eigenvalue weighted by atomic mass is 16.5. The standard InChI is InChI=1S/C22H28N4O3/c1-23-22(24-12-11-15-13-25-18-8-6-5-7-17(15)18)26-14-16-9-10-19(27-2)21(29-4)20(16)28-3/h5-10,13,25H,11-12,14H2,1-4H3,(H2,23,24,26). The fourth-order valence-corrected chi connectivity index (χ4v) is 3.36. The number of nitrogens with zero attached hydrogens (tertiary/aromatic N) is 1. The normalized spacial score (nSPS) is 11.4. The second kappa shape index (κ2) is 9.73. The van der Waals surface area contributed by atoms with Crippen molar-refractivity contribution in [2.24, 2.45) is 4.99 Å². The number of aromatic amines is 1. The Balaban J connectivity index is 1.59. The lowest BCUT2D eigenvalue weighted by atomic mass is 10.1. The van der Waals surface area contributed by atoms with Crippen molar-refractivity contribution in [3.8, 4) is 17.2 Å². The molecular formula is C22H28N4O3. The minimum absolute atomic E-state index is 0.538. The van der Waals surface area contributed by atoms with Crippen LogP contribution in [0.5, 0.6) is 17.2 Å². The average Bonchev–Trinajstić information content (AvgIpc) is 3.18. The van der Waals surface area contributed by atoms with Crippen molar-refractivity contribution in [1.29, 1.82) is 0 Å². The van der Waals surface area contributed by atoms with Crippen LogP contribution in [-0.4, -0.2) is 45.9 Å². The lowest BCUT2D eigenvalue weighted by Crippen LogP contribution is -2.37. The third kappa shape index (κ3) is 4.56. The van der Waals surface area contributed by atoms with Crippen LogP contribution in [-0.2, 0) is 13.0 Å². The number of rotatable bonds is 8. The lowest BCUT2D eigenvalue weighted by molar-refractivity contribution is 0.322. The molecule has 3 rings (SSSR count). The molecule has 0 unspecified atom stereocenters. The molecule has 0 aliphatic rings. The van der Waals surface area contributed by atoms with E-state index < -0.39 is 0 Å². The first kappa shape index (κ1) is 20.4. The molecule has 0 fully saturated rings. The number of fused-ring (bicyclic) bond motifs is 1. The number of aromatic nitrogens is 1. The third-order valence-corrected chi connectivity index (χ3v) is 4.82. The highest BCUT2D eigenvalue weighted by Crippen LogP contribution is 2.39. The Labute approximate surface area is 171 Å². The molecule has 3 N–H and O–H groups in total. The Morgan fingerprint density at radius 1 is 0.931 bits per heavy atom. The summed E-state index contributed by atoms with van der Waals surface area (Å²) in [5.74, 6) is 2.58. The van der Waals surface area contributed by atoms with E-state index in [0.717, 1.165) is 30.0 Å². The van der Waals surface area contributed by atoms with E-state index in [1.54, 1.807) is 28.4 Å². The number of benzene rings is 2. The molecule has 1 heterocycles. The van der Waals surface area contributed by atoms with Crippen LogP contribution in [0, 0.1) is 0 Å². The molecule has 0 radical (unpaired) electrons. The molecule has 0 aliphatic heterocycles. The Bertz CT molecular complexity index is 981. The van der Waals surface area contributed by atoms with Gasteiger partial charge in [0.2, 0.25) is 5.75 Å². The van der Waals surface area contributed by atoms with Crippen LogP contribution in [0.15, 0.2) is 47.6 Å². The number of para-hydroxylation sites is 1. The molecule has 0 saturated heterocycles. The van der Waals surface area contributed by atoms with Gasteiger partial charge >= 0.3 is 0 Å². The molecule has 7 heteroatoms. The van der Waals surface area contributed by atoms with Crippen LogP contribution in [0.25, 0.3) is 10.9 Å². The number of hydrogen-bond donors (Lipinski definition) is 3. The second-order valence-corrected chi connectivity index (χ2v) is 6.46. The minimum Gasteiger partial charge on any atom is -0.493 e. The minimum atomic E-state index is 0.538. The highest BCUT2D eigenvalue weighted by molar-refractivity contribution is 5.83. The van der Waals surface area contributed by atoms with Gasteiger partial charge in [-0.3, -0.25) is 4.99 Å². The highest BCUT2D eigenvalue weighted by Gasteiger charge is 2.15. The van der Waals surface area contributed by atoms with Gasteiger partial charge in [-0.1, -0.05) is 18.2 Å². The number of ether oxygens (including phenoxy) is 3. The molecule has 1 aromatic heterocycles. The Morgan fingerprint density at radius 3 is 2.45 bits per heavy atom. The summed E-state index contributed by atoms with van der Waals surface area (Å²) in [4.78, 5) is 7.62. The summed E-state index contributed by atoms with van der Waals surface area (Å²) in [6, 6.07) is 12.1. The van der Waals surface area contributed by atoms with E-state index in [1.165, 1.54) is 10.9 Å². The van der Waals surface area contributed by atoms with E-state index in [4.69, 9.17) is 14.2 Å². The average molecular weight is 396 g/mol. The van der Waals surface area contributed by atoms with Crippen LogP contribution < -0.4 is 24.8 Å². The molecule has 3 aromatic rings. The van der Waals surface area contributed by atoms with Crippen molar-refractivity contribution in [2.45, 2.75) is 13.0 Å². The SMILES string of the molecule is CN=C(NCCc1c[nH]c2ccccc12)NCc1ccc(OC)c(OC)c1OC. The number of hydrogen-bond acceptors (Lipinski definition) is 4. The molecule has 2 aromatic carbocycles. The molecule has 0 atom stereocenters. The third-order valence-electron chi connectivity index (χ3n) is 4.82. The summed E-state index contributed by atoms with van der Waals surface area (Å²) in [6.45, 7) is 1.31. The second-order valence-electron chi connectivity index (χ2n) is 6.46. The first-order valence-electron chi connectivity index (χ1n) is 9.49. The first-order valence-corrected chi connectivity index (χ1v) is 9.49. The van der Waals surface area contributed by atoms with Gasteiger partial charge in [-0.2, -0.15) is 0 Å². The van der Waals surface area contributed by atoms with Gasteiger partial charge in [0.15, 0.2) is 17.5 Å². The fourth-order valence-electron chi connectivity index (χ4n) is 3.36. The van der Waals surface area contributed by atoms with E-state index in [0.29, 0.717) is 23.8 Å². The molecule has 0 spiro atoms. The van der Waals surface area contributed by atoms with E-state index >= 15 is 0 Å². The maximum atomic E-state index is 5.54. The molecule has 7 nitrogen and oxygen atoms in total. The number of nitrogens with one attached hydrogen (secondary N) is 3. The van der Waals surface area contributed by atoms with Gasteiger partial charge in [0, 0.05) is 42.8 Å². The zero-order chi connectivity index (χ0) is 20.6. The van der Waals surface area contributed by atoms with E-state index in [-0.39, 0.29) is 0 Å². The zero-order valence-electron chi connectivity index (χ0n) is 17.3. The monoisotopic (exact) mass is 396 g/mol. The summed E-state index contributed by atoms with van der Waals surface area (Å²) in [6.07, 6.45) is 2.96. The van der Waals surface area contributed by atoms with Crippen molar-refractivity contribution >= 4 is 16.9 Å². The summed E-state index contributed by atoms with van der Waals surface area (Å²) in [5, 5.41) is 7.94. The van der Waals surface area contributed by atoms with Crippen LogP contribution in [0.1, 0.15) is 11.1 Å². The maximum Gasteiger partial charge on any atom is 0.203 e. The van der Waals surface area contributed by atoms with Gasteiger partial charge in [0.1, 0.15) is 0 Å². The Hall–Kier alpha value is -3.35. The summed E-state index contributed by atoms with van der Waals surface area (Å²) in [7, 11) is 6.58. The molecular weight excluding hydrogens is 368 g/mol. The molecule has 0 aliphatic carbocycles. The van der Waals surface area contributed by atoms with Crippen molar-refractivity contribution in [2.75, 3.05) is 34.9 Å². The lowest BCUT2D eigenvalue weighted by Gasteiger charge is -2.17. The van der Waals surface area contributed by atoms with Crippen LogP contribution in [0.2, 0.25) is 0 Å². The largest absolute Gasteiger partial charge is 0.493 e. The van der Waals surface area contributed by atoms with Gasteiger partial charge in [0.25, 0.3) is 0 Å². The predicted octanol–water partition coefficient (Wildman–Crippen LogP) is 3.10. The maximum absolute atomic E-state index is 5.54. The molecule has 0 bridgehead atoms. The molecule has 154 valence electrons. The predicted molar refractivity (Wildman–Crippen MR) is 116 cm³/mol. The van der Waals surface area contributed by atoms with Gasteiger partial charge < -0.3 is 29.8 Å². The fraction of sp³-hybridized carbons (Fsp3) is 0.318. The Kier molecular flexibility index (Phi) is 6.84. The summed E-state index contributed by atoms with van der Waals surface area (Å²) < 4.78 is 16.3. The number of guanidine groups is 1. The summed E-state index contributed by atoms with van der Waals surface area (Å²) >= 11 is 0. The van der Waals surface area contributed by atoms with Crippen LogP contribution in [0.4, 0.5) is 0 Å². The molecule has 0 amide bonds. The van der Waals surface area contributed by atoms with E-state index in [2.05, 4.69) is 45.0 Å². The van der Waals surface area contributed by atoms with Gasteiger partial charge in [-0.15, -0.1) is 0 Å². The summed E-state index contributed by atoms with van der Waals surface area (Å²) in [5.41, 5.74) is 3.39. The van der Waals surface area contributed by atoms with E-state index in [1.807, 2.05) is 18.2 Å². The first-order chi connectivity index (χ1) is 14.2. The van der Waals surface area contributed by atoms with Gasteiger partial charge in [-0.05, 0) is 30.2 Å². The quantitative estimate of drug-likeness (QED) is 0.403. The zero-order valence-corrected chi connectivity index (χ0v) is 17.3.